The molecule has 0 aromatic carbocycles. The highest BCUT2D eigenvalue weighted by atomic mass is 16.5. The van der Waals surface area contributed by atoms with Crippen molar-refractivity contribution in [3.8, 4) is 0 Å². The molecule has 1 fully saturated rings. The van der Waals surface area contributed by atoms with Crippen molar-refractivity contribution in [2.24, 2.45) is 4.99 Å². The van der Waals surface area contributed by atoms with E-state index in [0.717, 1.165) is 25.5 Å². The largest absolute Gasteiger partial charge is 0.478 e. The van der Waals surface area contributed by atoms with Gasteiger partial charge < -0.3 is 10.1 Å². The van der Waals surface area contributed by atoms with E-state index in [2.05, 4.69) is 17.2 Å². The van der Waals surface area contributed by atoms with E-state index >= 15 is 0 Å². The Labute approximate surface area is 79.6 Å². The minimum atomic E-state index is 0.408. The first kappa shape index (κ1) is 9.00. The van der Waals surface area contributed by atoms with E-state index in [1.54, 1.807) is 0 Å². The van der Waals surface area contributed by atoms with E-state index < -0.39 is 0 Å². The number of nitrogens with zero attached hydrogens (tertiary/aromatic N) is 1. The highest BCUT2D eigenvalue weighted by Gasteiger charge is 2.25. The maximum Gasteiger partial charge on any atom is 0.201 e. The normalized spacial score (nSPS) is 34.1. The molecule has 1 N–H and O–H groups in total. The zero-order valence-electron chi connectivity index (χ0n) is 8.25. The second-order valence-corrected chi connectivity index (χ2v) is 3.84. The third kappa shape index (κ3) is 2.02. The van der Waals surface area contributed by atoms with E-state index in [4.69, 9.17) is 4.74 Å². The molecular formula is C10H18N2O. The molecule has 0 amide bonds. The van der Waals surface area contributed by atoms with E-state index in [1.807, 2.05) is 0 Å². The van der Waals surface area contributed by atoms with Crippen LogP contribution in [0.4, 0.5) is 0 Å². The van der Waals surface area contributed by atoms with E-state index in [1.165, 1.54) is 19.3 Å². The topological polar surface area (TPSA) is 33.6 Å². The summed E-state index contributed by atoms with van der Waals surface area (Å²) in [4.78, 5) is 4.56. The third-order valence-corrected chi connectivity index (χ3v) is 2.81. The minimum Gasteiger partial charge on any atom is -0.478 e. The molecule has 0 spiro atoms. The summed E-state index contributed by atoms with van der Waals surface area (Å²) in [6.07, 6.45) is 4.88. The van der Waals surface area contributed by atoms with Crippen molar-refractivity contribution in [1.29, 1.82) is 0 Å². The van der Waals surface area contributed by atoms with Crippen LogP contribution >= 0.6 is 0 Å². The SMILES string of the molecule is CCC1COC(C2CCCCN2)=N1. The molecule has 2 aliphatic rings. The maximum absolute atomic E-state index is 5.58. The summed E-state index contributed by atoms with van der Waals surface area (Å²) in [5.41, 5.74) is 0. The Hall–Kier alpha value is -0.570. The molecule has 3 heteroatoms. The van der Waals surface area contributed by atoms with Crippen LogP contribution in [0, 0.1) is 0 Å². The fourth-order valence-corrected chi connectivity index (χ4v) is 1.90. The van der Waals surface area contributed by atoms with Crippen LogP contribution in [0.1, 0.15) is 32.6 Å². The smallest absolute Gasteiger partial charge is 0.201 e. The van der Waals surface area contributed by atoms with Crippen molar-refractivity contribution in [2.45, 2.75) is 44.7 Å². The standard InChI is InChI=1S/C10H18N2O/c1-2-8-7-13-10(12-8)9-5-3-4-6-11-9/h8-9,11H,2-7H2,1H3. The zero-order chi connectivity index (χ0) is 9.10. The molecule has 0 bridgehead atoms. The first-order chi connectivity index (χ1) is 6.40. The fraction of sp³-hybridized carbons (Fsp3) is 0.900. The maximum atomic E-state index is 5.58. The summed E-state index contributed by atoms with van der Waals surface area (Å²) in [7, 11) is 0. The van der Waals surface area contributed by atoms with Crippen LogP contribution in [0.15, 0.2) is 4.99 Å². The average Bonchev–Trinajstić information content (AvgIpc) is 2.67. The fourth-order valence-electron chi connectivity index (χ4n) is 1.90. The van der Waals surface area contributed by atoms with Gasteiger partial charge in [0.05, 0.1) is 12.1 Å². The molecule has 0 aromatic rings. The summed E-state index contributed by atoms with van der Waals surface area (Å²) >= 11 is 0. The molecule has 0 saturated carbocycles. The Morgan fingerprint density at radius 2 is 2.46 bits per heavy atom. The molecule has 0 aromatic heterocycles. The number of hydrogen-bond acceptors (Lipinski definition) is 3. The second kappa shape index (κ2) is 4.09. The molecule has 2 atom stereocenters. The number of ether oxygens (including phenoxy) is 1. The van der Waals surface area contributed by atoms with Crippen molar-refractivity contribution in [3.05, 3.63) is 0 Å². The van der Waals surface area contributed by atoms with Gasteiger partial charge in [-0.15, -0.1) is 0 Å². The van der Waals surface area contributed by atoms with Crippen LogP contribution in [-0.4, -0.2) is 31.1 Å². The van der Waals surface area contributed by atoms with E-state index in [9.17, 15) is 0 Å². The minimum absolute atomic E-state index is 0.408. The lowest BCUT2D eigenvalue weighted by molar-refractivity contribution is 0.290. The van der Waals surface area contributed by atoms with Gasteiger partial charge in [0.25, 0.3) is 0 Å². The lowest BCUT2D eigenvalue weighted by Gasteiger charge is -2.22. The molecule has 0 aliphatic carbocycles. The molecule has 3 nitrogen and oxygen atoms in total. The molecule has 2 aliphatic heterocycles. The van der Waals surface area contributed by atoms with Gasteiger partial charge in [0.2, 0.25) is 5.90 Å². The molecule has 74 valence electrons. The molecule has 0 radical (unpaired) electrons. The number of rotatable bonds is 2. The lowest BCUT2D eigenvalue weighted by Crippen LogP contribution is -2.40. The number of hydrogen-bond donors (Lipinski definition) is 1. The van der Waals surface area contributed by atoms with Gasteiger partial charge in [0.1, 0.15) is 6.61 Å². The molecule has 2 heterocycles. The van der Waals surface area contributed by atoms with Gasteiger partial charge in [-0.2, -0.15) is 0 Å². The summed E-state index contributed by atoms with van der Waals surface area (Å²) in [6, 6.07) is 0.823. The van der Waals surface area contributed by atoms with Crippen LogP contribution < -0.4 is 5.32 Å². The lowest BCUT2D eigenvalue weighted by atomic mass is 10.1. The van der Waals surface area contributed by atoms with Crippen LogP contribution in [0.5, 0.6) is 0 Å². The highest BCUT2D eigenvalue weighted by Crippen LogP contribution is 2.15. The van der Waals surface area contributed by atoms with Crippen molar-refractivity contribution >= 4 is 5.90 Å². The van der Waals surface area contributed by atoms with Crippen LogP contribution in [-0.2, 0) is 4.74 Å². The zero-order valence-corrected chi connectivity index (χ0v) is 8.25. The highest BCUT2D eigenvalue weighted by molar-refractivity contribution is 5.83. The predicted molar refractivity (Wildman–Crippen MR) is 53.1 cm³/mol. The summed E-state index contributed by atoms with van der Waals surface area (Å²) in [5.74, 6) is 0.964. The van der Waals surface area contributed by atoms with Gasteiger partial charge in [-0.25, -0.2) is 4.99 Å². The molecule has 1 saturated heterocycles. The Morgan fingerprint density at radius 3 is 3.08 bits per heavy atom. The van der Waals surface area contributed by atoms with Crippen molar-refractivity contribution in [2.75, 3.05) is 13.2 Å². The number of nitrogens with one attached hydrogen (secondary N) is 1. The van der Waals surface area contributed by atoms with E-state index in [-0.39, 0.29) is 0 Å². The first-order valence-corrected chi connectivity index (χ1v) is 5.34. The summed E-state index contributed by atoms with van der Waals surface area (Å²) < 4.78 is 5.58. The predicted octanol–water partition coefficient (Wildman–Crippen LogP) is 1.34. The van der Waals surface area contributed by atoms with Gasteiger partial charge in [0, 0.05) is 0 Å². The van der Waals surface area contributed by atoms with Crippen molar-refractivity contribution in [1.82, 2.24) is 5.32 Å². The van der Waals surface area contributed by atoms with Gasteiger partial charge in [0.15, 0.2) is 0 Å². The number of aliphatic imine (C=N–C) groups is 1. The van der Waals surface area contributed by atoms with Gasteiger partial charge in [-0.1, -0.05) is 13.3 Å². The summed E-state index contributed by atoms with van der Waals surface area (Å²) in [5, 5.41) is 3.45. The third-order valence-electron chi connectivity index (χ3n) is 2.81. The van der Waals surface area contributed by atoms with Crippen LogP contribution in [0.2, 0.25) is 0 Å². The van der Waals surface area contributed by atoms with Crippen molar-refractivity contribution < 1.29 is 4.74 Å². The molecular weight excluding hydrogens is 164 g/mol. The van der Waals surface area contributed by atoms with Crippen molar-refractivity contribution in [3.63, 3.8) is 0 Å². The van der Waals surface area contributed by atoms with Crippen LogP contribution in [0.25, 0.3) is 0 Å². The quantitative estimate of drug-likeness (QED) is 0.699. The molecule has 2 unspecified atom stereocenters. The van der Waals surface area contributed by atoms with Gasteiger partial charge >= 0.3 is 0 Å². The van der Waals surface area contributed by atoms with E-state index in [0.29, 0.717) is 12.1 Å². The Balaban J connectivity index is 1.92. The second-order valence-electron chi connectivity index (χ2n) is 3.84. The average molecular weight is 182 g/mol. The Bertz CT molecular complexity index is 197. The molecule has 13 heavy (non-hydrogen) atoms. The number of piperidine rings is 1. The molecule has 2 rings (SSSR count). The van der Waals surface area contributed by atoms with Crippen LogP contribution in [0.3, 0.4) is 0 Å². The van der Waals surface area contributed by atoms with Gasteiger partial charge in [-0.3, -0.25) is 0 Å². The Morgan fingerprint density at radius 1 is 1.54 bits per heavy atom. The summed E-state index contributed by atoms with van der Waals surface area (Å²) in [6.45, 7) is 4.07. The van der Waals surface area contributed by atoms with Gasteiger partial charge in [-0.05, 0) is 25.8 Å². The first-order valence-electron chi connectivity index (χ1n) is 5.34. The Kier molecular flexibility index (Phi) is 2.83. The monoisotopic (exact) mass is 182 g/mol.